The second-order valence-corrected chi connectivity index (χ2v) is 6.41. The van der Waals surface area contributed by atoms with Crippen molar-refractivity contribution in [2.24, 2.45) is 0 Å². The molecular formula is C17H19FN4. The molecule has 0 N–H and O–H groups in total. The van der Waals surface area contributed by atoms with Crippen LogP contribution in [-0.2, 0) is 11.8 Å². The zero-order valence-corrected chi connectivity index (χ0v) is 12.7. The van der Waals surface area contributed by atoms with Gasteiger partial charge in [0.15, 0.2) is 11.6 Å². The van der Waals surface area contributed by atoms with E-state index in [2.05, 4.69) is 14.9 Å². The maximum absolute atomic E-state index is 14.1. The number of piperidine rings is 1. The molecule has 1 spiro atoms. The summed E-state index contributed by atoms with van der Waals surface area (Å²) in [6, 6.07) is 3.12. The topological polar surface area (TPSA) is 41.9 Å². The minimum atomic E-state index is -0.239. The predicted molar refractivity (Wildman–Crippen MR) is 82.4 cm³/mol. The highest BCUT2D eigenvalue weighted by molar-refractivity contribution is 5.44. The van der Waals surface area contributed by atoms with Gasteiger partial charge in [0.1, 0.15) is 5.82 Å². The van der Waals surface area contributed by atoms with Gasteiger partial charge in [0.2, 0.25) is 0 Å². The highest BCUT2D eigenvalue weighted by Crippen LogP contribution is 2.44. The minimum Gasteiger partial charge on any atom is -0.353 e. The van der Waals surface area contributed by atoms with Crippen molar-refractivity contribution >= 4 is 5.82 Å². The van der Waals surface area contributed by atoms with Gasteiger partial charge in [0, 0.05) is 30.9 Å². The average Bonchev–Trinajstić information content (AvgIpc) is 2.86. The van der Waals surface area contributed by atoms with E-state index in [0.717, 1.165) is 44.6 Å². The molecule has 1 saturated heterocycles. The highest BCUT2D eigenvalue weighted by atomic mass is 19.1. The lowest BCUT2D eigenvalue weighted by atomic mass is 9.77. The third-order valence-electron chi connectivity index (χ3n) is 4.98. The third-order valence-corrected chi connectivity index (χ3v) is 4.98. The standard InChI is InChI=1S/C17H19FN4/c1-12-20-10-13-5-7-17(15(13)21-12)6-3-9-22(11-17)16-14(18)4-2-8-19-16/h2,4,8,10H,3,5-7,9,11H2,1H3. The van der Waals surface area contributed by atoms with Crippen LogP contribution in [0.3, 0.4) is 0 Å². The molecule has 22 heavy (non-hydrogen) atoms. The summed E-state index contributed by atoms with van der Waals surface area (Å²) in [6.45, 7) is 3.59. The number of hydrogen-bond acceptors (Lipinski definition) is 4. The van der Waals surface area contributed by atoms with Crippen molar-refractivity contribution in [1.82, 2.24) is 15.0 Å². The molecule has 5 heteroatoms. The van der Waals surface area contributed by atoms with Crippen molar-refractivity contribution in [2.45, 2.75) is 38.0 Å². The lowest BCUT2D eigenvalue weighted by Gasteiger charge is -2.41. The largest absolute Gasteiger partial charge is 0.353 e. The molecule has 0 amide bonds. The van der Waals surface area contributed by atoms with Crippen molar-refractivity contribution < 1.29 is 4.39 Å². The summed E-state index contributed by atoms with van der Waals surface area (Å²) in [7, 11) is 0. The van der Waals surface area contributed by atoms with Gasteiger partial charge in [0.05, 0.1) is 5.69 Å². The van der Waals surface area contributed by atoms with E-state index in [4.69, 9.17) is 4.98 Å². The number of nitrogens with zero attached hydrogens (tertiary/aromatic N) is 4. The Labute approximate surface area is 129 Å². The van der Waals surface area contributed by atoms with Crippen LogP contribution in [-0.4, -0.2) is 28.0 Å². The summed E-state index contributed by atoms with van der Waals surface area (Å²) >= 11 is 0. The van der Waals surface area contributed by atoms with Gasteiger partial charge >= 0.3 is 0 Å². The van der Waals surface area contributed by atoms with Gasteiger partial charge < -0.3 is 4.90 Å². The summed E-state index contributed by atoms with van der Waals surface area (Å²) < 4.78 is 14.1. The monoisotopic (exact) mass is 298 g/mol. The molecule has 2 aromatic heterocycles. The molecule has 2 aromatic rings. The Kier molecular flexibility index (Phi) is 3.10. The normalized spacial score (nSPS) is 23.8. The van der Waals surface area contributed by atoms with Crippen molar-refractivity contribution in [1.29, 1.82) is 0 Å². The number of anilines is 1. The molecule has 114 valence electrons. The van der Waals surface area contributed by atoms with Crippen molar-refractivity contribution in [3.63, 3.8) is 0 Å². The number of aromatic nitrogens is 3. The van der Waals surface area contributed by atoms with Crippen LogP contribution in [0, 0.1) is 12.7 Å². The molecule has 3 heterocycles. The summed E-state index contributed by atoms with van der Waals surface area (Å²) in [4.78, 5) is 15.4. The van der Waals surface area contributed by atoms with Gasteiger partial charge in [-0.15, -0.1) is 0 Å². The number of halogens is 1. The van der Waals surface area contributed by atoms with Crippen LogP contribution in [0.1, 0.15) is 36.3 Å². The van der Waals surface area contributed by atoms with E-state index in [-0.39, 0.29) is 11.2 Å². The van der Waals surface area contributed by atoms with Crippen molar-refractivity contribution in [2.75, 3.05) is 18.0 Å². The van der Waals surface area contributed by atoms with E-state index in [1.54, 1.807) is 12.3 Å². The molecule has 1 aliphatic carbocycles. The van der Waals surface area contributed by atoms with E-state index in [0.29, 0.717) is 5.82 Å². The zero-order chi connectivity index (χ0) is 15.2. The van der Waals surface area contributed by atoms with Gasteiger partial charge in [-0.25, -0.2) is 19.3 Å². The lowest BCUT2D eigenvalue weighted by molar-refractivity contribution is 0.331. The van der Waals surface area contributed by atoms with Crippen molar-refractivity contribution in [3.05, 3.63) is 47.4 Å². The van der Waals surface area contributed by atoms with Crippen LogP contribution in [0.5, 0.6) is 0 Å². The summed E-state index contributed by atoms with van der Waals surface area (Å²) in [5.41, 5.74) is 2.47. The molecule has 0 aromatic carbocycles. The highest BCUT2D eigenvalue weighted by Gasteiger charge is 2.44. The Balaban J connectivity index is 1.71. The Morgan fingerprint density at radius 2 is 2.18 bits per heavy atom. The quantitative estimate of drug-likeness (QED) is 0.812. The Morgan fingerprint density at radius 1 is 1.27 bits per heavy atom. The lowest BCUT2D eigenvalue weighted by Crippen LogP contribution is -2.46. The Hall–Kier alpha value is -2.04. The molecule has 0 saturated carbocycles. The number of aryl methyl sites for hydroxylation is 2. The minimum absolute atomic E-state index is 0.0330. The summed E-state index contributed by atoms with van der Waals surface area (Å²) in [5.74, 6) is 1.05. The van der Waals surface area contributed by atoms with Gasteiger partial charge in [-0.05, 0) is 50.3 Å². The number of fused-ring (bicyclic) bond motifs is 2. The molecule has 0 radical (unpaired) electrons. The summed E-state index contributed by atoms with van der Waals surface area (Å²) in [5, 5.41) is 0. The fourth-order valence-electron chi connectivity index (χ4n) is 3.95. The van der Waals surface area contributed by atoms with Crippen molar-refractivity contribution in [3.8, 4) is 0 Å². The first-order valence-electron chi connectivity index (χ1n) is 7.86. The van der Waals surface area contributed by atoms with E-state index >= 15 is 0 Å². The van der Waals surface area contributed by atoms with Crippen LogP contribution < -0.4 is 4.90 Å². The zero-order valence-electron chi connectivity index (χ0n) is 12.7. The van der Waals surface area contributed by atoms with Crippen LogP contribution >= 0.6 is 0 Å². The molecule has 1 unspecified atom stereocenters. The number of rotatable bonds is 1. The first-order chi connectivity index (χ1) is 10.7. The van der Waals surface area contributed by atoms with Gasteiger partial charge in [0.25, 0.3) is 0 Å². The van der Waals surface area contributed by atoms with E-state index in [1.165, 1.54) is 17.3 Å². The average molecular weight is 298 g/mol. The number of hydrogen-bond donors (Lipinski definition) is 0. The van der Waals surface area contributed by atoms with Gasteiger partial charge in [-0.1, -0.05) is 0 Å². The van der Waals surface area contributed by atoms with E-state index in [1.807, 2.05) is 13.1 Å². The molecule has 1 fully saturated rings. The molecule has 4 rings (SSSR count). The van der Waals surface area contributed by atoms with Crippen LogP contribution in [0.2, 0.25) is 0 Å². The third kappa shape index (κ3) is 2.07. The molecule has 1 aliphatic heterocycles. The maximum Gasteiger partial charge on any atom is 0.165 e. The van der Waals surface area contributed by atoms with Gasteiger partial charge in [-0.3, -0.25) is 0 Å². The SMILES string of the molecule is Cc1ncc2c(n1)C1(CCCN(c3ncccc3F)C1)CC2. The summed E-state index contributed by atoms with van der Waals surface area (Å²) in [6.07, 6.45) is 7.88. The Morgan fingerprint density at radius 3 is 3.05 bits per heavy atom. The Bertz CT molecular complexity index is 714. The van der Waals surface area contributed by atoms with Crippen LogP contribution in [0.25, 0.3) is 0 Å². The second-order valence-electron chi connectivity index (χ2n) is 6.41. The molecular weight excluding hydrogens is 279 g/mol. The van der Waals surface area contributed by atoms with Crippen LogP contribution in [0.15, 0.2) is 24.5 Å². The first kappa shape index (κ1) is 13.6. The first-order valence-corrected chi connectivity index (χ1v) is 7.86. The number of pyridine rings is 1. The predicted octanol–water partition coefficient (Wildman–Crippen LogP) is 2.80. The second kappa shape index (κ2) is 5.00. The smallest absolute Gasteiger partial charge is 0.165 e. The van der Waals surface area contributed by atoms with Crippen LogP contribution in [0.4, 0.5) is 10.2 Å². The molecule has 0 bridgehead atoms. The van der Waals surface area contributed by atoms with E-state index < -0.39 is 0 Å². The molecule has 4 nitrogen and oxygen atoms in total. The van der Waals surface area contributed by atoms with E-state index in [9.17, 15) is 4.39 Å². The van der Waals surface area contributed by atoms with Gasteiger partial charge in [-0.2, -0.15) is 0 Å². The maximum atomic E-state index is 14.1. The fraction of sp³-hybridized carbons (Fsp3) is 0.471. The molecule has 2 aliphatic rings. The molecule has 1 atom stereocenters. The fourth-order valence-corrected chi connectivity index (χ4v) is 3.95.